The van der Waals surface area contributed by atoms with Crippen LogP contribution in [0, 0.1) is 45.7 Å². The molecule has 0 heterocycles. The molecule has 4 fully saturated rings. The zero-order chi connectivity index (χ0) is 29.4. The van der Waals surface area contributed by atoms with Crippen LogP contribution in [0.2, 0.25) is 0 Å². The molecule has 41 heavy (non-hydrogen) atoms. The standard InChI is InChI=1S/C31H40FN3O6/c1-30(8-3-9-30)17-34-28(37)25-18-4-5-19(14-18)26(25)35-27(36)21-15-24(22(32)16-23(21)40-2)41-20-6-10-31(11-7-20,12-13-33)29(38)39/h15-16,18-20,25-26H,3-12,14,17H2,1-2H3,(H,34,37)(H,35,36)(H,38,39)/t18-,19+,20?,25+,26-,31?/m1/s1. The molecule has 10 heteroatoms. The number of nitrogens with one attached hydrogen (secondary N) is 2. The number of halogens is 1. The molecule has 4 saturated carbocycles. The average molecular weight is 570 g/mol. The summed E-state index contributed by atoms with van der Waals surface area (Å²) in [5.74, 6) is -2.03. The van der Waals surface area contributed by atoms with Gasteiger partial charge >= 0.3 is 5.97 Å². The van der Waals surface area contributed by atoms with Crippen LogP contribution in [0.5, 0.6) is 11.5 Å². The van der Waals surface area contributed by atoms with Gasteiger partial charge in [-0.05, 0) is 81.1 Å². The second-order valence-corrected chi connectivity index (χ2v) is 13.0. The number of benzene rings is 1. The first kappa shape index (κ1) is 29.2. The van der Waals surface area contributed by atoms with Crippen molar-refractivity contribution in [2.45, 2.75) is 89.7 Å². The van der Waals surface area contributed by atoms with Gasteiger partial charge in [-0.1, -0.05) is 13.3 Å². The van der Waals surface area contributed by atoms with Crippen LogP contribution in [0.4, 0.5) is 4.39 Å². The summed E-state index contributed by atoms with van der Waals surface area (Å²) in [5.41, 5.74) is -0.836. The molecule has 1 aromatic rings. The van der Waals surface area contributed by atoms with Gasteiger partial charge in [-0.2, -0.15) is 5.26 Å². The molecule has 2 amide bonds. The number of aliphatic carboxylic acids is 1. The van der Waals surface area contributed by atoms with Gasteiger partial charge in [0.1, 0.15) is 5.75 Å². The maximum absolute atomic E-state index is 15.0. The summed E-state index contributed by atoms with van der Waals surface area (Å²) in [4.78, 5) is 38.7. The summed E-state index contributed by atoms with van der Waals surface area (Å²) in [7, 11) is 1.36. The summed E-state index contributed by atoms with van der Waals surface area (Å²) in [6, 6.07) is 4.11. The molecular formula is C31H40FN3O6. The quantitative estimate of drug-likeness (QED) is 0.375. The highest BCUT2D eigenvalue weighted by atomic mass is 19.1. The maximum Gasteiger partial charge on any atom is 0.310 e. The molecule has 0 saturated heterocycles. The van der Waals surface area contributed by atoms with Crippen molar-refractivity contribution in [2.24, 2.45) is 28.6 Å². The Hall–Kier alpha value is -3.35. The van der Waals surface area contributed by atoms with Gasteiger partial charge in [0, 0.05) is 18.7 Å². The van der Waals surface area contributed by atoms with Gasteiger partial charge in [-0.15, -0.1) is 0 Å². The third-order valence-corrected chi connectivity index (χ3v) is 10.3. The van der Waals surface area contributed by atoms with Crippen LogP contribution in [-0.2, 0) is 9.59 Å². The van der Waals surface area contributed by atoms with Crippen molar-refractivity contribution in [3.05, 3.63) is 23.5 Å². The summed E-state index contributed by atoms with van der Waals surface area (Å²) in [6.07, 6.45) is 6.91. The number of methoxy groups -OCH3 is 1. The molecule has 5 rings (SSSR count). The molecular weight excluding hydrogens is 529 g/mol. The maximum atomic E-state index is 15.0. The van der Waals surface area contributed by atoms with E-state index in [0.717, 1.165) is 38.2 Å². The first-order valence-corrected chi connectivity index (χ1v) is 14.8. The Bertz CT molecular complexity index is 1230. The number of nitriles is 1. The number of hydrogen-bond acceptors (Lipinski definition) is 6. The minimum absolute atomic E-state index is 0.00292. The highest BCUT2D eigenvalue weighted by Crippen LogP contribution is 2.49. The van der Waals surface area contributed by atoms with Crippen molar-refractivity contribution in [1.29, 1.82) is 5.26 Å². The fourth-order valence-corrected chi connectivity index (χ4v) is 7.51. The number of nitrogens with zero attached hydrogens (tertiary/aromatic N) is 1. The zero-order valence-electron chi connectivity index (χ0n) is 23.8. The van der Waals surface area contributed by atoms with Crippen molar-refractivity contribution in [2.75, 3.05) is 13.7 Å². The number of carboxylic acid groups (broad SMARTS) is 1. The van der Waals surface area contributed by atoms with E-state index in [-0.39, 0.29) is 71.4 Å². The van der Waals surface area contributed by atoms with Gasteiger partial charge in [-0.3, -0.25) is 14.4 Å². The lowest BCUT2D eigenvalue weighted by Crippen LogP contribution is -2.51. The second kappa shape index (κ2) is 11.5. The molecule has 0 spiro atoms. The molecule has 3 N–H and O–H groups in total. The van der Waals surface area contributed by atoms with Gasteiger partial charge in [0.2, 0.25) is 5.91 Å². The first-order valence-electron chi connectivity index (χ1n) is 14.8. The normalized spacial score (nSPS) is 31.4. The third-order valence-electron chi connectivity index (χ3n) is 10.3. The number of fused-ring (bicyclic) bond motifs is 2. The molecule has 4 aliphatic carbocycles. The number of carbonyl (C=O) groups excluding carboxylic acids is 2. The zero-order valence-corrected chi connectivity index (χ0v) is 23.8. The van der Waals surface area contributed by atoms with Crippen LogP contribution < -0.4 is 20.1 Å². The van der Waals surface area contributed by atoms with Crippen LogP contribution in [0.3, 0.4) is 0 Å². The van der Waals surface area contributed by atoms with E-state index in [9.17, 15) is 19.5 Å². The number of rotatable bonds is 10. The van der Waals surface area contributed by atoms with Crippen molar-refractivity contribution >= 4 is 17.8 Å². The highest BCUT2D eigenvalue weighted by Gasteiger charge is 2.52. The van der Waals surface area contributed by atoms with Crippen molar-refractivity contribution < 1.29 is 33.4 Å². The second-order valence-electron chi connectivity index (χ2n) is 13.0. The van der Waals surface area contributed by atoms with E-state index in [1.54, 1.807) is 0 Å². The van der Waals surface area contributed by atoms with Crippen LogP contribution in [-0.4, -0.2) is 48.7 Å². The Balaban J connectivity index is 1.28. The van der Waals surface area contributed by atoms with Crippen molar-refractivity contribution in [1.82, 2.24) is 10.6 Å². The molecule has 0 aliphatic heterocycles. The van der Waals surface area contributed by atoms with E-state index < -0.39 is 29.2 Å². The number of carbonyl (C=O) groups is 3. The molecule has 4 aliphatic rings. The fraction of sp³-hybridized carbons (Fsp3) is 0.677. The molecule has 0 radical (unpaired) electrons. The number of amides is 2. The Morgan fingerprint density at radius 2 is 1.80 bits per heavy atom. The lowest BCUT2D eigenvalue weighted by molar-refractivity contribution is -0.151. The lowest BCUT2D eigenvalue weighted by Gasteiger charge is -2.39. The van der Waals surface area contributed by atoms with Gasteiger partial charge in [0.05, 0.1) is 42.6 Å². The van der Waals surface area contributed by atoms with Crippen LogP contribution in [0.25, 0.3) is 0 Å². The minimum Gasteiger partial charge on any atom is -0.496 e. The summed E-state index contributed by atoms with van der Waals surface area (Å²) < 4.78 is 26.3. The Kier molecular flexibility index (Phi) is 8.18. The van der Waals surface area contributed by atoms with Crippen LogP contribution in [0.1, 0.15) is 87.9 Å². The fourth-order valence-electron chi connectivity index (χ4n) is 7.51. The van der Waals surface area contributed by atoms with Crippen molar-refractivity contribution in [3.63, 3.8) is 0 Å². The Labute approximate surface area is 240 Å². The van der Waals surface area contributed by atoms with Gasteiger partial charge in [0.25, 0.3) is 5.91 Å². The number of hydrogen-bond donors (Lipinski definition) is 3. The Morgan fingerprint density at radius 3 is 2.41 bits per heavy atom. The van der Waals surface area contributed by atoms with E-state index in [1.165, 1.54) is 19.6 Å². The third kappa shape index (κ3) is 5.73. The van der Waals surface area contributed by atoms with E-state index >= 15 is 4.39 Å². The largest absolute Gasteiger partial charge is 0.496 e. The molecule has 4 atom stereocenters. The van der Waals surface area contributed by atoms with Crippen LogP contribution >= 0.6 is 0 Å². The van der Waals surface area contributed by atoms with Crippen LogP contribution in [0.15, 0.2) is 12.1 Å². The smallest absolute Gasteiger partial charge is 0.310 e. The van der Waals surface area contributed by atoms with E-state index in [2.05, 4.69) is 17.6 Å². The molecule has 9 nitrogen and oxygen atoms in total. The van der Waals surface area contributed by atoms with Gasteiger partial charge in [0.15, 0.2) is 11.6 Å². The first-order chi connectivity index (χ1) is 19.6. The summed E-state index contributed by atoms with van der Waals surface area (Å²) >= 11 is 0. The van der Waals surface area contributed by atoms with Crippen molar-refractivity contribution in [3.8, 4) is 17.6 Å². The molecule has 222 valence electrons. The molecule has 0 aromatic heterocycles. The molecule has 2 bridgehead atoms. The molecule has 1 aromatic carbocycles. The summed E-state index contributed by atoms with van der Waals surface area (Å²) in [6.45, 7) is 2.84. The van der Waals surface area contributed by atoms with E-state index in [0.29, 0.717) is 19.4 Å². The lowest BCUT2D eigenvalue weighted by atomic mass is 9.70. The van der Waals surface area contributed by atoms with E-state index in [1.807, 2.05) is 6.07 Å². The summed E-state index contributed by atoms with van der Waals surface area (Å²) in [5, 5.41) is 25.0. The van der Waals surface area contributed by atoms with Gasteiger partial charge in [-0.25, -0.2) is 4.39 Å². The Morgan fingerprint density at radius 1 is 1.10 bits per heavy atom. The monoisotopic (exact) mass is 569 g/mol. The topological polar surface area (TPSA) is 138 Å². The predicted molar refractivity (Wildman–Crippen MR) is 147 cm³/mol. The van der Waals surface area contributed by atoms with E-state index in [4.69, 9.17) is 14.7 Å². The SMILES string of the molecule is COc1cc(F)c(OC2CCC(CC#N)(C(=O)O)CC2)cc1C(=O)N[C@@H]1[C@H]2CC[C@H](C2)[C@@H]1C(=O)NCC1(C)CCC1. The average Bonchev–Trinajstić information content (AvgIpc) is 3.54. The highest BCUT2D eigenvalue weighted by molar-refractivity contribution is 5.98. The van der Waals surface area contributed by atoms with Gasteiger partial charge < -0.3 is 25.2 Å². The number of carboxylic acids is 1. The molecule has 0 unspecified atom stereocenters. The number of ether oxygens (including phenoxy) is 2. The predicted octanol–water partition coefficient (Wildman–Crippen LogP) is 4.59. The minimum atomic E-state index is -1.11.